The molecule has 1 unspecified atom stereocenters. The van der Waals surface area contributed by atoms with E-state index in [9.17, 15) is 4.79 Å². The van der Waals surface area contributed by atoms with Crippen molar-refractivity contribution in [3.63, 3.8) is 0 Å². The summed E-state index contributed by atoms with van der Waals surface area (Å²) in [5.41, 5.74) is 0.0542. The van der Waals surface area contributed by atoms with Crippen molar-refractivity contribution >= 4 is 26.6 Å². The summed E-state index contributed by atoms with van der Waals surface area (Å²) in [5.74, 6) is 2.74. The van der Waals surface area contributed by atoms with Crippen molar-refractivity contribution in [1.29, 1.82) is 0 Å². The number of rotatable bonds is 3. The van der Waals surface area contributed by atoms with Crippen molar-refractivity contribution in [3.05, 3.63) is 0 Å². The predicted molar refractivity (Wildman–Crippen MR) is 79.8 cm³/mol. The van der Waals surface area contributed by atoms with E-state index in [2.05, 4.69) is 13.8 Å². The van der Waals surface area contributed by atoms with Crippen LogP contribution in [0.25, 0.3) is 0 Å². The van der Waals surface area contributed by atoms with Crippen LogP contribution in [0, 0.1) is 23.2 Å². The molecule has 4 bridgehead atoms. The number of halogens is 1. The Balaban J connectivity index is 1.91. The summed E-state index contributed by atoms with van der Waals surface area (Å²) < 4.78 is 5.69. The maximum Gasteiger partial charge on any atom is 0.367 e. The quantitative estimate of drug-likeness (QED) is 0.525. The first-order valence-electron chi connectivity index (χ1n) is 7.35. The van der Waals surface area contributed by atoms with Gasteiger partial charge in [-0.05, 0) is 69.6 Å². The van der Waals surface area contributed by atoms with Gasteiger partial charge in [0.25, 0.3) is 0 Å². The second kappa shape index (κ2) is 4.35. The average molecular weight is 362 g/mol. The van der Waals surface area contributed by atoms with Crippen LogP contribution in [-0.2, 0) is 4.74 Å². The van der Waals surface area contributed by atoms with Gasteiger partial charge in [0.05, 0.1) is 22.6 Å². The highest BCUT2D eigenvalue weighted by Crippen LogP contribution is 2.65. The molecule has 0 aliphatic heterocycles. The maximum absolute atomic E-state index is 11.5. The minimum atomic E-state index is -0.235. The Hall–Kier alpha value is 0.200. The van der Waals surface area contributed by atoms with E-state index in [1.807, 2.05) is 0 Å². The van der Waals surface area contributed by atoms with Gasteiger partial charge in [0.15, 0.2) is 0 Å². The Morgan fingerprint density at radius 1 is 1.22 bits per heavy atom. The van der Waals surface area contributed by atoms with Gasteiger partial charge < -0.3 is 4.74 Å². The van der Waals surface area contributed by atoms with Gasteiger partial charge in [0, 0.05) is 5.41 Å². The fraction of sp³-hybridized carbons (Fsp3) is 0.933. The van der Waals surface area contributed by atoms with E-state index in [4.69, 9.17) is 4.74 Å². The molecular formula is C15H23IO2. The lowest BCUT2D eigenvalue weighted by atomic mass is 9.45. The standard InChI is InChI=1S/C15H23IO2/c1-3-14(2,18-13(16)17)15-7-10-4-11(8-15)6-12(5-10)9-15/h10-12H,3-9H2,1-2H3. The Morgan fingerprint density at radius 3 is 2.00 bits per heavy atom. The van der Waals surface area contributed by atoms with Crippen molar-refractivity contribution in [2.24, 2.45) is 23.2 Å². The predicted octanol–water partition coefficient (Wildman–Crippen LogP) is 4.94. The van der Waals surface area contributed by atoms with E-state index in [1.54, 1.807) is 22.6 Å². The molecule has 0 radical (unpaired) electrons. The Kier molecular flexibility index (Phi) is 3.19. The van der Waals surface area contributed by atoms with Crippen LogP contribution in [0.15, 0.2) is 0 Å². The topological polar surface area (TPSA) is 26.3 Å². The molecule has 18 heavy (non-hydrogen) atoms. The number of hydrogen-bond acceptors (Lipinski definition) is 2. The van der Waals surface area contributed by atoms with E-state index in [0.29, 0.717) is 0 Å². The summed E-state index contributed by atoms with van der Waals surface area (Å²) >= 11 is 1.79. The highest BCUT2D eigenvalue weighted by atomic mass is 127. The summed E-state index contributed by atoms with van der Waals surface area (Å²) in [5, 5.41) is 0. The molecule has 4 rings (SSSR count). The number of ether oxygens (including phenoxy) is 1. The summed E-state index contributed by atoms with van der Waals surface area (Å²) in [6.07, 6.45) is 9.17. The molecule has 3 heteroatoms. The zero-order valence-corrected chi connectivity index (χ0v) is 13.5. The van der Waals surface area contributed by atoms with Gasteiger partial charge in [-0.15, -0.1) is 0 Å². The van der Waals surface area contributed by atoms with Crippen molar-refractivity contribution in [2.45, 2.75) is 64.4 Å². The van der Waals surface area contributed by atoms with Gasteiger partial charge in [-0.2, -0.15) is 0 Å². The van der Waals surface area contributed by atoms with Crippen LogP contribution < -0.4 is 0 Å². The van der Waals surface area contributed by atoms with Gasteiger partial charge in [-0.3, -0.25) is 0 Å². The zero-order valence-electron chi connectivity index (χ0n) is 11.4. The van der Waals surface area contributed by atoms with Crippen LogP contribution in [-0.4, -0.2) is 9.58 Å². The molecule has 0 spiro atoms. The van der Waals surface area contributed by atoms with Gasteiger partial charge in [0.2, 0.25) is 0 Å². The normalized spacial score (nSPS) is 44.7. The van der Waals surface area contributed by atoms with Crippen molar-refractivity contribution < 1.29 is 9.53 Å². The first-order chi connectivity index (χ1) is 8.46. The third-order valence-electron chi connectivity index (χ3n) is 6.14. The van der Waals surface area contributed by atoms with Crippen LogP contribution in [0.5, 0.6) is 0 Å². The zero-order chi connectivity index (χ0) is 13.0. The summed E-state index contributed by atoms with van der Waals surface area (Å²) in [6, 6.07) is 0. The van der Waals surface area contributed by atoms with Crippen molar-refractivity contribution in [3.8, 4) is 0 Å². The van der Waals surface area contributed by atoms with Gasteiger partial charge in [0.1, 0.15) is 5.60 Å². The van der Waals surface area contributed by atoms with Gasteiger partial charge in [-0.1, -0.05) is 6.92 Å². The molecule has 0 saturated heterocycles. The minimum absolute atomic E-state index is 0.132. The summed E-state index contributed by atoms with van der Waals surface area (Å²) in [4.78, 5) is 11.5. The van der Waals surface area contributed by atoms with E-state index in [-0.39, 0.29) is 15.0 Å². The molecule has 0 amide bonds. The highest BCUT2D eigenvalue weighted by molar-refractivity contribution is 14.1. The van der Waals surface area contributed by atoms with Crippen molar-refractivity contribution in [1.82, 2.24) is 0 Å². The number of hydrogen-bond donors (Lipinski definition) is 0. The first-order valence-corrected chi connectivity index (χ1v) is 8.43. The molecular weight excluding hydrogens is 339 g/mol. The van der Waals surface area contributed by atoms with Gasteiger partial charge in [-0.25, -0.2) is 4.79 Å². The van der Waals surface area contributed by atoms with E-state index < -0.39 is 0 Å². The Labute approximate surface area is 123 Å². The van der Waals surface area contributed by atoms with Crippen LogP contribution in [0.2, 0.25) is 0 Å². The smallest absolute Gasteiger partial charge is 0.367 e. The third-order valence-corrected chi connectivity index (χ3v) is 6.36. The summed E-state index contributed by atoms with van der Waals surface area (Å²) in [6.45, 7) is 4.37. The molecule has 0 aromatic carbocycles. The van der Waals surface area contributed by atoms with Crippen LogP contribution in [0.4, 0.5) is 4.79 Å². The van der Waals surface area contributed by atoms with E-state index in [1.165, 1.54) is 38.5 Å². The summed E-state index contributed by atoms with van der Waals surface area (Å²) in [7, 11) is 0. The molecule has 2 nitrogen and oxygen atoms in total. The minimum Gasteiger partial charge on any atom is -0.451 e. The largest absolute Gasteiger partial charge is 0.451 e. The highest BCUT2D eigenvalue weighted by Gasteiger charge is 2.59. The van der Waals surface area contributed by atoms with Crippen LogP contribution in [0.3, 0.4) is 0 Å². The fourth-order valence-electron chi connectivity index (χ4n) is 5.49. The third kappa shape index (κ3) is 1.92. The molecule has 4 aliphatic carbocycles. The Bertz CT molecular complexity index is 330. The monoisotopic (exact) mass is 362 g/mol. The van der Waals surface area contributed by atoms with E-state index in [0.717, 1.165) is 24.2 Å². The molecule has 0 heterocycles. The van der Waals surface area contributed by atoms with Crippen LogP contribution >= 0.6 is 22.6 Å². The molecule has 0 aromatic heterocycles. The molecule has 0 aromatic rings. The fourth-order valence-corrected chi connectivity index (χ4v) is 5.98. The Morgan fingerprint density at radius 2 is 1.67 bits per heavy atom. The number of carbonyl (C=O) groups is 1. The SMILES string of the molecule is CCC(C)(OC(=O)I)C12CC3CC(CC(C3)C1)C2. The van der Waals surface area contributed by atoms with Gasteiger partial charge >= 0.3 is 3.98 Å². The average Bonchev–Trinajstić information content (AvgIpc) is 2.25. The lowest BCUT2D eigenvalue weighted by molar-refractivity contribution is -0.167. The van der Waals surface area contributed by atoms with Crippen LogP contribution in [0.1, 0.15) is 58.8 Å². The lowest BCUT2D eigenvalue weighted by Crippen LogP contribution is -2.58. The molecule has 4 fully saturated rings. The molecule has 102 valence electrons. The van der Waals surface area contributed by atoms with Crippen molar-refractivity contribution in [2.75, 3.05) is 0 Å². The second-order valence-corrected chi connectivity index (χ2v) is 8.00. The molecule has 4 aliphatic rings. The molecule has 4 saturated carbocycles. The molecule has 1 atom stereocenters. The number of carbonyl (C=O) groups excluding carboxylic acids is 1. The van der Waals surface area contributed by atoms with E-state index >= 15 is 0 Å². The second-order valence-electron chi connectivity index (χ2n) is 7.12. The maximum atomic E-state index is 11.5. The first kappa shape index (κ1) is 13.2. The lowest BCUT2D eigenvalue weighted by Gasteiger charge is -2.62. The molecule has 0 N–H and O–H groups in total.